The summed E-state index contributed by atoms with van der Waals surface area (Å²) in [5.74, 6) is 0.719. The molecule has 0 bridgehead atoms. The lowest BCUT2D eigenvalue weighted by molar-refractivity contribution is -0.120. The summed E-state index contributed by atoms with van der Waals surface area (Å²) in [6.45, 7) is 4.70. The number of nitrogens with one attached hydrogen (secondary N) is 1. The van der Waals surface area contributed by atoms with E-state index in [1.54, 1.807) is 0 Å². The van der Waals surface area contributed by atoms with Crippen molar-refractivity contribution in [3.63, 3.8) is 0 Å². The highest BCUT2D eigenvalue weighted by Crippen LogP contribution is 2.21. The number of likely N-dealkylation sites (tertiary alicyclic amines) is 1. The second kappa shape index (κ2) is 6.68. The molecule has 4 heteroatoms. The van der Waals surface area contributed by atoms with Crippen molar-refractivity contribution >= 4 is 11.6 Å². The van der Waals surface area contributed by atoms with Crippen LogP contribution in [0.5, 0.6) is 0 Å². The Morgan fingerprint density at radius 3 is 2.89 bits per heavy atom. The van der Waals surface area contributed by atoms with Crippen LogP contribution in [0.2, 0.25) is 0 Å². The molecule has 0 saturated carbocycles. The van der Waals surface area contributed by atoms with Crippen LogP contribution in [-0.2, 0) is 4.79 Å². The number of para-hydroxylation sites is 1. The lowest BCUT2D eigenvalue weighted by atomic mass is 10.1. The Labute approximate surface area is 115 Å². The summed E-state index contributed by atoms with van der Waals surface area (Å²) in [4.78, 5) is 14.4. The number of nitrogens with zero attached hydrogens (tertiary/aromatic N) is 1. The summed E-state index contributed by atoms with van der Waals surface area (Å²) in [5.41, 5.74) is 6.45. The van der Waals surface area contributed by atoms with E-state index >= 15 is 0 Å². The number of carbonyl (C=O) groups is 1. The topological polar surface area (TPSA) is 58.4 Å². The number of amides is 1. The maximum absolute atomic E-state index is 12.2. The molecule has 104 valence electrons. The monoisotopic (exact) mass is 261 g/mol. The van der Waals surface area contributed by atoms with Gasteiger partial charge in [0.15, 0.2) is 0 Å². The van der Waals surface area contributed by atoms with Crippen LogP contribution >= 0.6 is 0 Å². The van der Waals surface area contributed by atoms with Gasteiger partial charge in [0.05, 0.1) is 6.04 Å². The number of benzene rings is 1. The highest BCUT2D eigenvalue weighted by Gasteiger charge is 2.28. The molecule has 4 nitrogen and oxygen atoms in total. The van der Waals surface area contributed by atoms with Gasteiger partial charge in [0.2, 0.25) is 5.91 Å². The van der Waals surface area contributed by atoms with E-state index in [9.17, 15) is 4.79 Å². The predicted octanol–water partition coefficient (Wildman–Crippen LogP) is 1.68. The average Bonchev–Trinajstić information content (AvgIpc) is 2.88. The maximum atomic E-state index is 12.2. The minimum atomic E-state index is -0.0806. The van der Waals surface area contributed by atoms with Gasteiger partial charge in [-0.25, -0.2) is 0 Å². The summed E-state index contributed by atoms with van der Waals surface area (Å²) >= 11 is 0. The standard InChI is InChI=1S/C15H23N3O/c1-12(18-10-8-13(11-18)7-9-16)15(19)17-14-5-3-2-4-6-14/h2-6,12-13H,7-11,16H2,1H3,(H,17,19). The largest absolute Gasteiger partial charge is 0.330 e. The molecule has 19 heavy (non-hydrogen) atoms. The fourth-order valence-corrected chi connectivity index (χ4v) is 2.62. The summed E-state index contributed by atoms with van der Waals surface area (Å²) in [5, 5.41) is 2.96. The first kappa shape index (κ1) is 14.0. The van der Waals surface area contributed by atoms with Crippen molar-refractivity contribution in [2.45, 2.75) is 25.8 Å². The molecule has 3 N–H and O–H groups in total. The molecule has 2 unspecified atom stereocenters. The first-order valence-electron chi connectivity index (χ1n) is 7.00. The lowest BCUT2D eigenvalue weighted by Gasteiger charge is -2.23. The van der Waals surface area contributed by atoms with Gasteiger partial charge in [-0.2, -0.15) is 0 Å². The number of carbonyl (C=O) groups excluding carboxylic acids is 1. The smallest absolute Gasteiger partial charge is 0.241 e. The van der Waals surface area contributed by atoms with Gasteiger partial charge in [-0.1, -0.05) is 18.2 Å². The fourth-order valence-electron chi connectivity index (χ4n) is 2.62. The third kappa shape index (κ3) is 3.78. The molecule has 0 aromatic heterocycles. The summed E-state index contributed by atoms with van der Waals surface area (Å²) in [6, 6.07) is 9.53. The Balaban J connectivity index is 1.86. The zero-order valence-corrected chi connectivity index (χ0v) is 11.5. The van der Waals surface area contributed by atoms with Crippen LogP contribution in [0.15, 0.2) is 30.3 Å². The molecule has 1 heterocycles. The van der Waals surface area contributed by atoms with E-state index in [-0.39, 0.29) is 11.9 Å². The van der Waals surface area contributed by atoms with Crippen LogP contribution in [0.4, 0.5) is 5.69 Å². The van der Waals surface area contributed by atoms with Gasteiger partial charge < -0.3 is 11.1 Å². The molecule has 0 aliphatic carbocycles. The van der Waals surface area contributed by atoms with Crippen molar-refractivity contribution in [2.75, 3.05) is 25.0 Å². The van der Waals surface area contributed by atoms with Crippen LogP contribution in [-0.4, -0.2) is 36.5 Å². The molecule has 2 rings (SSSR count). The highest BCUT2D eigenvalue weighted by atomic mass is 16.2. The number of anilines is 1. The highest BCUT2D eigenvalue weighted by molar-refractivity contribution is 5.94. The molecule has 1 amide bonds. The Kier molecular flexibility index (Phi) is 4.93. The molecule has 1 aromatic rings. The third-order valence-corrected chi connectivity index (χ3v) is 3.86. The molecule has 1 aliphatic rings. The predicted molar refractivity (Wildman–Crippen MR) is 77.9 cm³/mol. The maximum Gasteiger partial charge on any atom is 0.241 e. The number of nitrogens with two attached hydrogens (primary N) is 1. The summed E-state index contributed by atoms with van der Waals surface area (Å²) < 4.78 is 0. The van der Waals surface area contributed by atoms with Gasteiger partial charge in [0, 0.05) is 12.2 Å². The van der Waals surface area contributed by atoms with Crippen molar-refractivity contribution in [3.8, 4) is 0 Å². The Hall–Kier alpha value is -1.39. The zero-order valence-electron chi connectivity index (χ0n) is 11.5. The van der Waals surface area contributed by atoms with Crippen LogP contribution in [0, 0.1) is 5.92 Å². The Morgan fingerprint density at radius 2 is 2.21 bits per heavy atom. The van der Waals surface area contributed by atoms with Crippen LogP contribution < -0.4 is 11.1 Å². The number of hydrogen-bond donors (Lipinski definition) is 2. The van der Waals surface area contributed by atoms with Gasteiger partial charge in [0.25, 0.3) is 0 Å². The van der Waals surface area contributed by atoms with Crippen LogP contribution in [0.25, 0.3) is 0 Å². The zero-order chi connectivity index (χ0) is 13.7. The minimum absolute atomic E-state index is 0.0691. The molecule has 1 fully saturated rings. The normalized spacial score (nSPS) is 21.3. The lowest BCUT2D eigenvalue weighted by Crippen LogP contribution is -2.40. The molecule has 0 radical (unpaired) electrons. The third-order valence-electron chi connectivity index (χ3n) is 3.86. The van der Waals surface area contributed by atoms with Crippen molar-refractivity contribution in [2.24, 2.45) is 11.7 Å². The van der Waals surface area contributed by atoms with Gasteiger partial charge >= 0.3 is 0 Å². The second-order valence-electron chi connectivity index (χ2n) is 5.26. The molecular formula is C15H23N3O. The SMILES string of the molecule is CC(C(=O)Nc1ccccc1)N1CCC(CCN)C1. The van der Waals surface area contributed by atoms with Crippen LogP contribution in [0.1, 0.15) is 19.8 Å². The molecular weight excluding hydrogens is 238 g/mol. The summed E-state index contributed by atoms with van der Waals surface area (Å²) in [6.07, 6.45) is 2.21. The van der Waals surface area contributed by atoms with Gasteiger partial charge in [0.1, 0.15) is 0 Å². The number of hydrogen-bond acceptors (Lipinski definition) is 3. The van der Waals surface area contributed by atoms with E-state index in [0.717, 1.165) is 38.2 Å². The van der Waals surface area contributed by atoms with Gasteiger partial charge in [-0.15, -0.1) is 0 Å². The first-order valence-corrected chi connectivity index (χ1v) is 7.00. The van der Waals surface area contributed by atoms with E-state index in [0.29, 0.717) is 5.92 Å². The average molecular weight is 261 g/mol. The molecule has 0 spiro atoms. The van der Waals surface area contributed by atoms with Crippen molar-refractivity contribution in [1.29, 1.82) is 0 Å². The minimum Gasteiger partial charge on any atom is -0.330 e. The van der Waals surface area contributed by atoms with Gasteiger partial charge in [-0.05, 0) is 50.9 Å². The van der Waals surface area contributed by atoms with E-state index in [1.165, 1.54) is 0 Å². The second-order valence-corrected chi connectivity index (χ2v) is 5.26. The Morgan fingerprint density at radius 1 is 1.47 bits per heavy atom. The first-order chi connectivity index (χ1) is 9.20. The number of rotatable bonds is 5. The van der Waals surface area contributed by atoms with Gasteiger partial charge in [-0.3, -0.25) is 9.69 Å². The quantitative estimate of drug-likeness (QED) is 0.848. The van der Waals surface area contributed by atoms with E-state index < -0.39 is 0 Å². The van der Waals surface area contributed by atoms with Crippen LogP contribution in [0.3, 0.4) is 0 Å². The van der Waals surface area contributed by atoms with Crippen molar-refractivity contribution in [3.05, 3.63) is 30.3 Å². The molecule has 1 saturated heterocycles. The summed E-state index contributed by atoms with van der Waals surface area (Å²) in [7, 11) is 0. The van der Waals surface area contributed by atoms with E-state index in [4.69, 9.17) is 5.73 Å². The fraction of sp³-hybridized carbons (Fsp3) is 0.533. The Bertz CT molecular complexity index is 407. The molecule has 1 aliphatic heterocycles. The van der Waals surface area contributed by atoms with E-state index in [2.05, 4.69) is 10.2 Å². The molecule has 2 atom stereocenters. The molecule has 1 aromatic carbocycles. The van der Waals surface area contributed by atoms with Crippen molar-refractivity contribution in [1.82, 2.24) is 4.90 Å². The van der Waals surface area contributed by atoms with E-state index in [1.807, 2.05) is 37.3 Å². The van der Waals surface area contributed by atoms with Crippen molar-refractivity contribution < 1.29 is 4.79 Å².